The van der Waals surface area contributed by atoms with Crippen LogP contribution in [-0.4, -0.2) is 34.6 Å². The van der Waals surface area contributed by atoms with Crippen LogP contribution >= 0.6 is 0 Å². The van der Waals surface area contributed by atoms with Crippen molar-refractivity contribution < 1.29 is 0 Å². The maximum Gasteiger partial charge on any atom is 0.0333 e. The summed E-state index contributed by atoms with van der Waals surface area (Å²) in [5, 5.41) is 3.64. The number of piperazine rings is 1. The van der Waals surface area contributed by atoms with Crippen molar-refractivity contribution in [3.05, 3.63) is 29.6 Å². The maximum atomic E-state index is 4.33. The van der Waals surface area contributed by atoms with Crippen LogP contribution in [-0.2, 0) is 6.54 Å². The molecule has 1 N–H and O–H groups in total. The van der Waals surface area contributed by atoms with Crippen LogP contribution in [0.2, 0.25) is 0 Å². The molecule has 0 bridgehead atoms. The molecule has 1 atom stereocenters. The highest BCUT2D eigenvalue weighted by Gasteiger charge is 2.37. The van der Waals surface area contributed by atoms with Gasteiger partial charge < -0.3 is 5.32 Å². The summed E-state index contributed by atoms with van der Waals surface area (Å²) >= 11 is 0. The molecular formula is C16H27N3. The molecule has 1 saturated heterocycles. The SMILES string of the molecule is CCC1(CC)CNC(C)CN1Cc1cncc(C)c1. The van der Waals surface area contributed by atoms with E-state index in [2.05, 4.69) is 49.0 Å². The van der Waals surface area contributed by atoms with E-state index in [-0.39, 0.29) is 0 Å². The molecule has 1 aliphatic heterocycles. The molecule has 0 amide bonds. The third-order valence-corrected chi connectivity index (χ3v) is 4.57. The molecule has 0 radical (unpaired) electrons. The molecule has 3 nitrogen and oxygen atoms in total. The highest BCUT2D eigenvalue weighted by atomic mass is 15.3. The average molecular weight is 261 g/mol. The summed E-state index contributed by atoms with van der Waals surface area (Å²) in [6.07, 6.45) is 6.33. The highest BCUT2D eigenvalue weighted by Crippen LogP contribution is 2.28. The van der Waals surface area contributed by atoms with Crippen LogP contribution < -0.4 is 5.32 Å². The molecule has 0 saturated carbocycles. The molecule has 0 spiro atoms. The Morgan fingerprint density at radius 3 is 2.74 bits per heavy atom. The van der Waals surface area contributed by atoms with Crippen molar-refractivity contribution in [1.29, 1.82) is 0 Å². The third kappa shape index (κ3) is 3.15. The van der Waals surface area contributed by atoms with E-state index in [9.17, 15) is 0 Å². The summed E-state index contributed by atoms with van der Waals surface area (Å²) in [4.78, 5) is 6.98. The van der Waals surface area contributed by atoms with E-state index in [0.29, 0.717) is 11.6 Å². The second kappa shape index (κ2) is 6.02. The van der Waals surface area contributed by atoms with Gasteiger partial charge in [0.25, 0.3) is 0 Å². The summed E-state index contributed by atoms with van der Waals surface area (Å²) in [5.74, 6) is 0. The Labute approximate surface area is 117 Å². The van der Waals surface area contributed by atoms with Crippen LogP contribution in [0.15, 0.2) is 18.5 Å². The first-order valence-electron chi connectivity index (χ1n) is 7.48. The summed E-state index contributed by atoms with van der Waals surface area (Å²) < 4.78 is 0. The van der Waals surface area contributed by atoms with Gasteiger partial charge in [0.05, 0.1) is 0 Å². The molecule has 2 heterocycles. The standard InChI is InChI=1S/C16H27N3/c1-5-16(6-2)12-18-14(4)10-19(16)11-15-7-13(3)8-17-9-15/h7-9,14,18H,5-6,10-12H2,1-4H3. The molecule has 2 rings (SSSR count). The van der Waals surface area contributed by atoms with E-state index in [1.807, 2.05) is 12.4 Å². The summed E-state index contributed by atoms with van der Waals surface area (Å²) in [5.41, 5.74) is 2.88. The van der Waals surface area contributed by atoms with Gasteiger partial charge in [-0.2, -0.15) is 0 Å². The van der Waals surface area contributed by atoms with E-state index in [4.69, 9.17) is 0 Å². The lowest BCUT2D eigenvalue weighted by Gasteiger charge is -2.49. The first-order valence-corrected chi connectivity index (χ1v) is 7.48. The quantitative estimate of drug-likeness (QED) is 0.903. The number of nitrogens with one attached hydrogen (secondary N) is 1. The van der Waals surface area contributed by atoms with Crippen molar-refractivity contribution in [2.24, 2.45) is 0 Å². The van der Waals surface area contributed by atoms with Crippen LogP contribution in [0.4, 0.5) is 0 Å². The van der Waals surface area contributed by atoms with Crippen molar-refractivity contribution in [3.8, 4) is 0 Å². The number of rotatable bonds is 4. The van der Waals surface area contributed by atoms with Gasteiger partial charge in [0, 0.05) is 43.6 Å². The van der Waals surface area contributed by atoms with Crippen molar-refractivity contribution in [1.82, 2.24) is 15.2 Å². The van der Waals surface area contributed by atoms with Gasteiger partial charge in [-0.25, -0.2) is 0 Å². The number of pyridine rings is 1. The fraction of sp³-hybridized carbons (Fsp3) is 0.688. The van der Waals surface area contributed by atoms with Crippen LogP contribution in [0.25, 0.3) is 0 Å². The minimum Gasteiger partial charge on any atom is -0.311 e. The minimum atomic E-state index is 0.302. The molecule has 0 aromatic carbocycles. The number of aromatic nitrogens is 1. The monoisotopic (exact) mass is 261 g/mol. The lowest BCUT2D eigenvalue weighted by atomic mass is 9.87. The fourth-order valence-electron chi connectivity index (χ4n) is 3.17. The second-order valence-electron chi connectivity index (χ2n) is 5.96. The lowest BCUT2D eigenvalue weighted by molar-refractivity contribution is 0.0277. The normalized spacial score (nSPS) is 23.5. The molecule has 1 unspecified atom stereocenters. The Balaban J connectivity index is 2.18. The Kier molecular flexibility index (Phi) is 4.58. The predicted octanol–water partition coefficient (Wildman–Crippen LogP) is 2.74. The largest absolute Gasteiger partial charge is 0.311 e. The first-order chi connectivity index (χ1) is 9.09. The van der Waals surface area contributed by atoms with E-state index in [1.54, 1.807) is 0 Å². The molecule has 1 aromatic heterocycles. The smallest absolute Gasteiger partial charge is 0.0333 e. The third-order valence-electron chi connectivity index (χ3n) is 4.57. The van der Waals surface area contributed by atoms with E-state index >= 15 is 0 Å². The molecule has 3 heteroatoms. The van der Waals surface area contributed by atoms with Gasteiger partial charge in [-0.3, -0.25) is 9.88 Å². The summed E-state index contributed by atoms with van der Waals surface area (Å²) in [6, 6.07) is 2.83. The molecule has 1 aliphatic rings. The molecule has 0 aliphatic carbocycles. The number of aryl methyl sites for hydroxylation is 1. The van der Waals surface area contributed by atoms with Gasteiger partial charge >= 0.3 is 0 Å². The summed E-state index contributed by atoms with van der Waals surface area (Å²) in [6.45, 7) is 12.2. The molecular weight excluding hydrogens is 234 g/mol. The van der Waals surface area contributed by atoms with E-state index in [0.717, 1.165) is 19.6 Å². The van der Waals surface area contributed by atoms with Crippen LogP contribution in [0.3, 0.4) is 0 Å². The molecule has 1 fully saturated rings. The van der Waals surface area contributed by atoms with Crippen molar-refractivity contribution >= 4 is 0 Å². The zero-order chi connectivity index (χ0) is 13.9. The number of hydrogen-bond acceptors (Lipinski definition) is 3. The summed E-state index contributed by atoms with van der Waals surface area (Å²) in [7, 11) is 0. The topological polar surface area (TPSA) is 28.2 Å². The fourth-order valence-corrected chi connectivity index (χ4v) is 3.17. The van der Waals surface area contributed by atoms with E-state index < -0.39 is 0 Å². The Morgan fingerprint density at radius 1 is 1.37 bits per heavy atom. The van der Waals surface area contributed by atoms with Crippen molar-refractivity contribution in [2.45, 2.75) is 58.7 Å². The lowest BCUT2D eigenvalue weighted by Crippen LogP contribution is -2.63. The van der Waals surface area contributed by atoms with Crippen LogP contribution in [0.5, 0.6) is 0 Å². The van der Waals surface area contributed by atoms with Gasteiger partial charge in [-0.15, -0.1) is 0 Å². The number of hydrogen-bond donors (Lipinski definition) is 1. The average Bonchev–Trinajstić information content (AvgIpc) is 2.40. The molecule has 19 heavy (non-hydrogen) atoms. The van der Waals surface area contributed by atoms with E-state index in [1.165, 1.54) is 24.0 Å². The Morgan fingerprint density at radius 2 is 2.11 bits per heavy atom. The number of nitrogens with zero attached hydrogens (tertiary/aromatic N) is 2. The highest BCUT2D eigenvalue weighted by molar-refractivity contribution is 5.17. The van der Waals surface area contributed by atoms with Gasteiger partial charge in [-0.1, -0.05) is 19.9 Å². The van der Waals surface area contributed by atoms with Gasteiger partial charge in [0.15, 0.2) is 0 Å². The molecule has 106 valence electrons. The maximum absolute atomic E-state index is 4.33. The van der Waals surface area contributed by atoms with Gasteiger partial charge in [-0.05, 0) is 37.8 Å². The Hall–Kier alpha value is -0.930. The van der Waals surface area contributed by atoms with Gasteiger partial charge in [0.1, 0.15) is 0 Å². The zero-order valence-electron chi connectivity index (χ0n) is 12.7. The van der Waals surface area contributed by atoms with Crippen LogP contribution in [0, 0.1) is 6.92 Å². The predicted molar refractivity (Wildman–Crippen MR) is 80.2 cm³/mol. The van der Waals surface area contributed by atoms with Crippen molar-refractivity contribution in [2.75, 3.05) is 13.1 Å². The second-order valence-corrected chi connectivity index (χ2v) is 5.96. The van der Waals surface area contributed by atoms with Crippen molar-refractivity contribution in [3.63, 3.8) is 0 Å². The molecule has 1 aromatic rings. The van der Waals surface area contributed by atoms with Crippen LogP contribution in [0.1, 0.15) is 44.7 Å². The minimum absolute atomic E-state index is 0.302. The first kappa shape index (κ1) is 14.5. The zero-order valence-corrected chi connectivity index (χ0v) is 12.7. The van der Waals surface area contributed by atoms with Gasteiger partial charge in [0.2, 0.25) is 0 Å². The Bertz CT molecular complexity index is 412.